The lowest BCUT2D eigenvalue weighted by atomic mass is 10.1. The molecule has 0 unspecified atom stereocenters. The van der Waals surface area contributed by atoms with Gasteiger partial charge >= 0.3 is 0 Å². The maximum Gasteiger partial charge on any atom is 0.278 e. The zero-order valence-corrected chi connectivity index (χ0v) is 19.0. The Balaban J connectivity index is 1.53. The van der Waals surface area contributed by atoms with E-state index in [-0.39, 0.29) is 23.1 Å². The van der Waals surface area contributed by atoms with Gasteiger partial charge in [0.25, 0.3) is 5.56 Å². The second-order valence-electron chi connectivity index (χ2n) is 7.33. The van der Waals surface area contributed by atoms with Crippen LogP contribution in [0, 0.1) is 0 Å². The molecule has 8 nitrogen and oxygen atoms in total. The molecule has 3 N–H and O–H groups in total. The Bertz CT molecular complexity index is 1360. The Kier molecular flexibility index (Phi) is 6.60. The van der Waals surface area contributed by atoms with Gasteiger partial charge < -0.3 is 15.6 Å². The molecule has 168 valence electrons. The summed E-state index contributed by atoms with van der Waals surface area (Å²) in [5.74, 6) is -0.287. The fourth-order valence-electron chi connectivity index (χ4n) is 3.47. The monoisotopic (exact) mass is 461 g/mol. The molecule has 0 fully saturated rings. The minimum Gasteiger partial charge on any atom is -0.355 e. The number of hydrogen-bond donors (Lipinski definition) is 3. The summed E-state index contributed by atoms with van der Waals surface area (Å²) in [6.45, 7) is 3.75. The first-order valence-corrected chi connectivity index (χ1v) is 11.4. The van der Waals surface area contributed by atoms with Crippen LogP contribution in [0.15, 0.2) is 70.7 Å². The first-order valence-electron chi connectivity index (χ1n) is 10.4. The lowest BCUT2D eigenvalue weighted by Crippen LogP contribution is -2.23. The molecular weight excluding hydrogens is 438 g/mol. The van der Waals surface area contributed by atoms with E-state index in [4.69, 9.17) is 4.98 Å². The molecule has 0 aliphatic rings. The Labute approximate surface area is 194 Å². The van der Waals surface area contributed by atoms with E-state index >= 15 is 0 Å². The summed E-state index contributed by atoms with van der Waals surface area (Å²) >= 11 is 1.22. The first kappa shape index (κ1) is 22.3. The molecule has 0 aliphatic carbocycles. The van der Waals surface area contributed by atoms with Crippen LogP contribution in [0.5, 0.6) is 0 Å². The van der Waals surface area contributed by atoms with Crippen molar-refractivity contribution >= 4 is 46.0 Å². The van der Waals surface area contributed by atoms with Crippen LogP contribution in [-0.4, -0.2) is 32.1 Å². The number of thioether (sulfide) groups is 1. The highest BCUT2D eigenvalue weighted by Crippen LogP contribution is 2.27. The summed E-state index contributed by atoms with van der Waals surface area (Å²) in [5, 5.41) is 5.99. The molecule has 9 heteroatoms. The number of aromatic amines is 1. The lowest BCUT2D eigenvalue weighted by molar-refractivity contribution is -0.114. The molecule has 0 aliphatic heterocycles. The van der Waals surface area contributed by atoms with Crippen LogP contribution >= 0.6 is 11.8 Å². The smallest absolute Gasteiger partial charge is 0.278 e. The third-order valence-corrected chi connectivity index (χ3v) is 5.95. The highest BCUT2D eigenvalue weighted by molar-refractivity contribution is 7.99. The van der Waals surface area contributed by atoms with E-state index in [1.54, 1.807) is 35.0 Å². The van der Waals surface area contributed by atoms with Crippen molar-refractivity contribution < 1.29 is 9.59 Å². The van der Waals surface area contributed by atoms with Gasteiger partial charge in [-0.3, -0.25) is 19.0 Å². The summed E-state index contributed by atoms with van der Waals surface area (Å²) in [6.07, 6.45) is 1.79. The second kappa shape index (κ2) is 9.74. The molecule has 2 amide bonds. The molecule has 0 saturated heterocycles. The van der Waals surface area contributed by atoms with Crippen molar-refractivity contribution in [2.75, 3.05) is 16.4 Å². The highest BCUT2D eigenvalue weighted by atomic mass is 32.2. The average Bonchev–Trinajstić information content (AvgIpc) is 3.23. The third-order valence-electron chi connectivity index (χ3n) is 4.97. The van der Waals surface area contributed by atoms with Crippen molar-refractivity contribution in [2.45, 2.75) is 25.5 Å². The number of hydrogen-bond acceptors (Lipinski definition) is 5. The predicted molar refractivity (Wildman–Crippen MR) is 132 cm³/mol. The van der Waals surface area contributed by atoms with Crippen molar-refractivity contribution in [3.05, 3.63) is 71.1 Å². The van der Waals surface area contributed by atoms with E-state index < -0.39 is 0 Å². The Morgan fingerprint density at radius 2 is 1.70 bits per heavy atom. The van der Waals surface area contributed by atoms with Crippen molar-refractivity contribution in [1.29, 1.82) is 0 Å². The van der Waals surface area contributed by atoms with Crippen LogP contribution in [0.2, 0.25) is 0 Å². The van der Waals surface area contributed by atoms with Gasteiger partial charge in [-0.25, -0.2) is 4.98 Å². The summed E-state index contributed by atoms with van der Waals surface area (Å²) in [6, 6.07) is 16.6. The van der Waals surface area contributed by atoms with Crippen LogP contribution < -0.4 is 16.2 Å². The first-order chi connectivity index (χ1) is 16.0. The number of anilines is 2. The van der Waals surface area contributed by atoms with Crippen LogP contribution in [0.4, 0.5) is 11.4 Å². The van der Waals surface area contributed by atoms with Gasteiger partial charge in [0.15, 0.2) is 5.16 Å². The normalized spacial score (nSPS) is 10.8. The molecule has 2 aromatic heterocycles. The van der Waals surface area contributed by atoms with E-state index in [0.717, 1.165) is 11.1 Å². The van der Waals surface area contributed by atoms with Crippen molar-refractivity contribution in [1.82, 2.24) is 14.5 Å². The standard InChI is InChI=1S/C24H23N5O3S/c1-3-29-23(32)22-21(19(13-25-22)16-7-5-4-6-8-16)28-24(29)33-14-20(31)27-18-11-9-17(10-12-18)26-15(2)30/h4-13,25H,3,14H2,1-2H3,(H,26,30)(H,27,31). The molecule has 4 aromatic rings. The summed E-state index contributed by atoms with van der Waals surface area (Å²) in [5.41, 5.74) is 3.94. The van der Waals surface area contributed by atoms with Gasteiger partial charge in [0.2, 0.25) is 11.8 Å². The molecule has 33 heavy (non-hydrogen) atoms. The molecule has 0 radical (unpaired) electrons. The maximum atomic E-state index is 13.0. The number of carbonyl (C=O) groups is 2. The largest absolute Gasteiger partial charge is 0.355 e. The van der Waals surface area contributed by atoms with Gasteiger partial charge in [0, 0.05) is 36.6 Å². The number of amides is 2. The topological polar surface area (TPSA) is 109 Å². The van der Waals surface area contributed by atoms with E-state index in [9.17, 15) is 14.4 Å². The molecule has 0 saturated carbocycles. The van der Waals surface area contributed by atoms with Crippen molar-refractivity contribution in [2.24, 2.45) is 0 Å². The zero-order chi connectivity index (χ0) is 23.4. The van der Waals surface area contributed by atoms with E-state index in [1.807, 2.05) is 37.3 Å². The van der Waals surface area contributed by atoms with Gasteiger partial charge in [-0.05, 0) is 36.8 Å². The highest BCUT2D eigenvalue weighted by Gasteiger charge is 2.17. The third kappa shape index (κ3) is 4.98. The van der Waals surface area contributed by atoms with Crippen molar-refractivity contribution in [3.63, 3.8) is 0 Å². The molecule has 2 heterocycles. The summed E-state index contributed by atoms with van der Waals surface area (Å²) < 4.78 is 1.56. The maximum absolute atomic E-state index is 13.0. The Morgan fingerprint density at radius 3 is 2.33 bits per heavy atom. The fraction of sp³-hybridized carbons (Fsp3) is 0.167. The van der Waals surface area contributed by atoms with Gasteiger partial charge in [-0.1, -0.05) is 42.1 Å². The average molecular weight is 462 g/mol. The number of rotatable bonds is 7. The van der Waals surface area contributed by atoms with E-state index in [2.05, 4.69) is 15.6 Å². The van der Waals surface area contributed by atoms with Crippen LogP contribution in [-0.2, 0) is 16.1 Å². The van der Waals surface area contributed by atoms with Gasteiger partial charge in [-0.2, -0.15) is 0 Å². The molecule has 0 atom stereocenters. The molecular formula is C24H23N5O3S. The van der Waals surface area contributed by atoms with Crippen molar-refractivity contribution in [3.8, 4) is 11.1 Å². The zero-order valence-electron chi connectivity index (χ0n) is 18.2. The Hall–Kier alpha value is -3.85. The minimum absolute atomic E-state index is 0.0937. The number of benzene rings is 2. The van der Waals surface area contributed by atoms with Crippen LogP contribution in [0.1, 0.15) is 13.8 Å². The van der Waals surface area contributed by atoms with Gasteiger partial charge in [0.1, 0.15) is 11.0 Å². The number of nitrogens with zero attached hydrogens (tertiary/aromatic N) is 2. The van der Waals surface area contributed by atoms with Gasteiger partial charge in [0.05, 0.1) is 5.75 Å². The summed E-state index contributed by atoms with van der Waals surface area (Å²) in [4.78, 5) is 44.4. The van der Waals surface area contributed by atoms with E-state index in [1.165, 1.54) is 18.7 Å². The van der Waals surface area contributed by atoms with Gasteiger partial charge in [-0.15, -0.1) is 0 Å². The molecule has 0 bridgehead atoms. The number of fused-ring (bicyclic) bond motifs is 1. The number of nitrogens with one attached hydrogen (secondary N) is 3. The quantitative estimate of drug-likeness (QED) is 0.284. The summed E-state index contributed by atoms with van der Waals surface area (Å²) in [7, 11) is 0. The predicted octanol–water partition coefficient (Wildman–Crippen LogP) is 4.10. The van der Waals surface area contributed by atoms with Crippen LogP contribution in [0.25, 0.3) is 22.2 Å². The van der Waals surface area contributed by atoms with Crippen LogP contribution in [0.3, 0.4) is 0 Å². The Morgan fingerprint density at radius 1 is 1.03 bits per heavy atom. The number of H-pyrrole nitrogens is 1. The molecule has 2 aromatic carbocycles. The molecule has 0 spiro atoms. The van der Waals surface area contributed by atoms with E-state index in [0.29, 0.717) is 34.1 Å². The second-order valence-corrected chi connectivity index (χ2v) is 8.27. The lowest BCUT2D eigenvalue weighted by Gasteiger charge is -2.11. The molecule has 4 rings (SSSR count). The fourth-order valence-corrected chi connectivity index (χ4v) is 4.32. The minimum atomic E-state index is -0.221. The SMILES string of the molecule is CCn1c(SCC(=O)Nc2ccc(NC(C)=O)cc2)nc2c(-c3ccccc3)c[nH]c2c1=O. The number of carbonyl (C=O) groups excluding carboxylic acids is 2. The number of aromatic nitrogens is 3.